The van der Waals surface area contributed by atoms with E-state index < -0.39 is 40.0 Å². The molecule has 55 heavy (non-hydrogen) atoms. The number of ether oxygens (including phenoxy) is 2. The number of likely N-dealkylation sites (N-methyl/N-ethyl adjacent to an activating group) is 1. The summed E-state index contributed by atoms with van der Waals surface area (Å²) in [6, 6.07) is 12.0. The van der Waals surface area contributed by atoms with Crippen LogP contribution >= 0.6 is 0 Å². The molecule has 11 nitrogen and oxygen atoms in total. The van der Waals surface area contributed by atoms with Crippen molar-refractivity contribution in [3.05, 3.63) is 82.6 Å². The van der Waals surface area contributed by atoms with E-state index in [1.165, 1.54) is 23.6 Å². The van der Waals surface area contributed by atoms with Gasteiger partial charge in [-0.25, -0.2) is 19.1 Å². The zero-order valence-electron chi connectivity index (χ0n) is 32.9. The first kappa shape index (κ1) is 36.6. The van der Waals surface area contributed by atoms with Crippen molar-refractivity contribution in [2.24, 2.45) is 11.3 Å². The number of carbonyl (C=O) groups excluding carboxylic acids is 1. The highest BCUT2D eigenvalue weighted by molar-refractivity contribution is 5.88. The summed E-state index contributed by atoms with van der Waals surface area (Å²) in [6.07, 6.45) is 11.3. The molecule has 2 bridgehead atoms. The van der Waals surface area contributed by atoms with E-state index >= 15 is 0 Å². The zero-order valence-corrected chi connectivity index (χ0v) is 32.9. The van der Waals surface area contributed by atoms with Gasteiger partial charge in [-0.1, -0.05) is 50.3 Å². The molecule has 1 saturated heterocycles. The number of H-pyrrole nitrogens is 1. The highest BCUT2D eigenvalue weighted by atomic mass is 17.2. The lowest BCUT2D eigenvalue weighted by atomic mass is 9.47. The highest BCUT2D eigenvalue weighted by Gasteiger charge is 2.79. The van der Waals surface area contributed by atoms with Gasteiger partial charge in [0.05, 0.1) is 39.4 Å². The normalized spacial score (nSPS) is 34.8. The van der Waals surface area contributed by atoms with Crippen molar-refractivity contribution in [2.45, 2.75) is 80.6 Å². The number of para-hydroxylation sites is 1. The Hall–Kier alpha value is -4.00. The number of benzene rings is 2. The second kappa shape index (κ2) is 13.0. The number of methoxy groups -OCH3 is 2. The topological polar surface area (TPSA) is 120 Å². The number of esters is 1. The quantitative estimate of drug-likeness (QED) is 0.101. The van der Waals surface area contributed by atoms with Gasteiger partial charge in [-0.2, -0.15) is 0 Å². The van der Waals surface area contributed by atoms with Crippen LogP contribution in [0.2, 0.25) is 0 Å². The minimum atomic E-state index is -2.22. The summed E-state index contributed by atoms with van der Waals surface area (Å²) in [6.45, 7) is 7.76. The molecule has 3 N–H and O–H groups in total. The number of hydrogen-bond donors (Lipinski definition) is 3. The number of aromatic amines is 1. The summed E-state index contributed by atoms with van der Waals surface area (Å²) < 4.78 is 14.3. The molecule has 6 aliphatic rings. The molecule has 292 valence electrons. The molecule has 0 radical (unpaired) electrons. The van der Waals surface area contributed by atoms with Crippen LogP contribution in [0.1, 0.15) is 61.9 Å². The largest absolute Gasteiger partial charge is 0.496 e. The van der Waals surface area contributed by atoms with E-state index in [-0.39, 0.29) is 18.6 Å². The lowest BCUT2D eigenvalue weighted by Gasteiger charge is -2.63. The number of carbonyl (C=O) groups is 1. The molecule has 6 heterocycles. The minimum Gasteiger partial charge on any atom is -0.496 e. The second-order valence-corrected chi connectivity index (χ2v) is 16.8. The highest BCUT2D eigenvalue weighted by Crippen LogP contribution is 2.67. The van der Waals surface area contributed by atoms with Crippen molar-refractivity contribution in [1.82, 2.24) is 9.88 Å². The summed E-state index contributed by atoms with van der Waals surface area (Å²) in [4.78, 5) is 34.1. The molecule has 11 heteroatoms. The van der Waals surface area contributed by atoms with E-state index in [9.17, 15) is 15.0 Å². The molecule has 2 aromatic carbocycles. The molecule has 1 aliphatic carbocycles. The van der Waals surface area contributed by atoms with E-state index in [1.54, 1.807) is 14.2 Å². The van der Waals surface area contributed by atoms with E-state index in [4.69, 9.17) is 19.2 Å². The number of rotatable bonds is 8. The second-order valence-electron chi connectivity index (χ2n) is 16.8. The summed E-state index contributed by atoms with van der Waals surface area (Å²) in [5.41, 5.74) is 2.98. The maximum atomic E-state index is 14.1. The number of anilines is 1. The number of hydrogen-bond acceptors (Lipinski definition) is 9. The maximum absolute atomic E-state index is 14.1. The van der Waals surface area contributed by atoms with Gasteiger partial charge in [0.2, 0.25) is 5.60 Å². The third kappa shape index (κ3) is 4.73. The Balaban J connectivity index is 1.36. The van der Waals surface area contributed by atoms with Crippen molar-refractivity contribution in [3.63, 3.8) is 0 Å². The number of aliphatic hydroxyl groups is 2. The molecule has 5 unspecified atom stereocenters. The number of nitrogens with one attached hydrogen (secondary N) is 1. The van der Waals surface area contributed by atoms with Gasteiger partial charge in [0.15, 0.2) is 6.21 Å². The zero-order chi connectivity index (χ0) is 38.5. The Morgan fingerprint density at radius 2 is 1.93 bits per heavy atom. The molecule has 1 aromatic heterocycles. The molecule has 2 fully saturated rings. The van der Waals surface area contributed by atoms with Gasteiger partial charge in [0, 0.05) is 82.3 Å². The van der Waals surface area contributed by atoms with Crippen molar-refractivity contribution in [2.75, 3.05) is 66.1 Å². The number of aliphatic hydroxyl groups excluding tert-OH is 1. The Labute approximate surface area is 323 Å². The Bertz CT molecular complexity index is 2140. The van der Waals surface area contributed by atoms with Crippen LogP contribution in [0.3, 0.4) is 0 Å². The fourth-order valence-corrected chi connectivity index (χ4v) is 12.6. The van der Waals surface area contributed by atoms with Gasteiger partial charge in [-0.05, 0) is 55.5 Å². The average Bonchev–Trinajstić information content (AvgIpc) is 3.87. The van der Waals surface area contributed by atoms with Gasteiger partial charge in [-0.3, -0.25) is 4.90 Å². The summed E-state index contributed by atoms with van der Waals surface area (Å²) in [5, 5.41) is 26.6. The van der Waals surface area contributed by atoms with Crippen molar-refractivity contribution < 1.29 is 38.8 Å². The first-order valence-electron chi connectivity index (χ1n) is 20.0. The van der Waals surface area contributed by atoms with Crippen LogP contribution < -0.4 is 9.64 Å². The SMILES string of the molecule is CCC1=C[C@@H]2C[N+](=C1)CCc1c([nH]c3ccccc13)C(COOC)(c1cc3c(cc1OC)N(C)C1C(O)(C(=O)OC)C(O)[C@]4(CC)C=CCN5CC[C@]31C54)C2. The summed E-state index contributed by atoms with van der Waals surface area (Å²) in [5.74, 6) is 0.0585. The van der Waals surface area contributed by atoms with Crippen molar-refractivity contribution in [1.29, 1.82) is 0 Å². The van der Waals surface area contributed by atoms with Gasteiger partial charge in [0.1, 0.15) is 24.9 Å². The molecule has 1 saturated carbocycles. The van der Waals surface area contributed by atoms with Crippen LogP contribution in [-0.2, 0) is 36.6 Å². The lowest BCUT2D eigenvalue weighted by molar-refractivity contribution is -0.529. The number of aromatic nitrogens is 1. The summed E-state index contributed by atoms with van der Waals surface area (Å²) in [7, 11) is 6.50. The first-order chi connectivity index (χ1) is 26.6. The van der Waals surface area contributed by atoms with Crippen molar-refractivity contribution >= 4 is 28.8 Å². The van der Waals surface area contributed by atoms with Gasteiger partial charge in [-0.15, -0.1) is 0 Å². The van der Waals surface area contributed by atoms with Gasteiger partial charge < -0.3 is 29.6 Å². The smallest absolute Gasteiger partial charge is 0.342 e. The fraction of sp³-hybridized carbons (Fsp3) is 0.545. The minimum absolute atomic E-state index is 0.183. The lowest BCUT2D eigenvalue weighted by Crippen LogP contribution is -2.80. The molecule has 9 rings (SSSR count). The standard InChI is InChI=1S/C44H55N4O7/c1-7-27-20-28-23-42(26-55-54-6,36-30(14-18-47(24-27)25-28)29-12-9-10-13-33(29)45-36)32-21-31-34(22-35(32)52-4)46(3)38-43(31)16-19-48-17-11-15-41(8-2,37(43)48)39(49)44(38,51)40(50)53-5/h9-13,15,20-22,24,28,37-39,45,49,51H,7-8,14,16-19,23,25-26H2,1-6H3/q+1/t28-,37?,38?,39?,41+,42?,43+,44?/m0/s1. The van der Waals surface area contributed by atoms with E-state index in [0.717, 1.165) is 67.0 Å². The van der Waals surface area contributed by atoms with Crippen LogP contribution in [0.25, 0.3) is 10.9 Å². The summed E-state index contributed by atoms with van der Waals surface area (Å²) >= 11 is 0. The van der Waals surface area contributed by atoms with Crippen LogP contribution in [0.5, 0.6) is 5.75 Å². The van der Waals surface area contributed by atoms with E-state index in [1.807, 2.05) is 11.9 Å². The number of nitrogens with zero attached hydrogens (tertiary/aromatic N) is 3. The number of allylic oxidation sites excluding steroid dienone is 1. The number of fused-ring (bicyclic) bond motifs is 6. The van der Waals surface area contributed by atoms with Gasteiger partial charge in [0.25, 0.3) is 0 Å². The predicted molar refractivity (Wildman–Crippen MR) is 210 cm³/mol. The Morgan fingerprint density at radius 1 is 1.11 bits per heavy atom. The van der Waals surface area contributed by atoms with E-state index in [2.05, 4.69) is 89.1 Å². The molecular formula is C44H55N4O7+. The third-order valence-electron chi connectivity index (χ3n) is 14.7. The Kier molecular flexibility index (Phi) is 8.67. The first-order valence-corrected chi connectivity index (χ1v) is 20.0. The molecule has 5 aliphatic heterocycles. The molecule has 1 spiro atoms. The average molecular weight is 752 g/mol. The van der Waals surface area contributed by atoms with Crippen molar-refractivity contribution in [3.8, 4) is 5.75 Å². The van der Waals surface area contributed by atoms with E-state index in [0.29, 0.717) is 25.0 Å². The van der Waals surface area contributed by atoms with Crippen LogP contribution in [0, 0.1) is 11.3 Å². The van der Waals surface area contributed by atoms with Crippen LogP contribution in [0.4, 0.5) is 5.69 Å². The monoisotopic (exact) mass is 751 g/mol. The third-order valence-corrected chi connectivity index (χ3v) is 14.7. The predicted octanol–water partition coefficient (Wildman–Crippen LogP) is 4.41. The van der Waals surface area contributed by atoms with Gasteiger partial charge >= 0.3 is 5.97 Å². The fourth-order valence-electron chi connectivity index (χ4n) is 12.6. The molecule has 3 aromatic rings. The molecule has 0 amide bonds. The molecule has 8 atom stereocenters. The van der Waals surface area contributed by atoms with Crippen LogP contribution in [-0.4, -0.2) is 122 Å². The maximum Gasteiger partial charge on any atom is 0.342 e. The van der Waals surface area contributed by atoms with Crippen LogP contribution in [0.15, 0.2) is 60.2 Å². The molecular weight excluding hydrogens is 697 g/mol. The Morgan fingerprint density at radius 3 is 2.67 bits per heavy atom.